The monoisotopic (exact) mass is 516 g/mol. The Kier molecular flexibility index (Phi) is 8.59. The van der Waals surface area contributed by atoms with Crippen molar-refractivity contribution >= 4 is 18.1 Å². The minimum absolute atomic E-state index is 0.0749. The number of ether oxygens (including phenoxy) is 3. The number of aliphatic hydroxyl groups is 2. The number of rotatable bonds is 10. The molecular weight excluding hydrogens is 489 g/mol. The topological polar surface area (TPSA) is 135 Å². The maximum Gasteiger partial charge on any atom is 0.406 e. The molecule has 0 saturated heterocycles. The zero-order valence-corrected chi connectivity index (χ0v) is 19.6. The number of hydrogen-bond acceptors (Lipinski definition) is 8. The minimum Gasteiger partial charge on any atom is -0.493 e. The summed E-state index contributed by atoms with van der Waals surface area (Å²) in [6, 6.07) is 1.22. The van der Waals surface area contributed by atoms with Crippen molar-refractivity contribution in [2.24, 2.45) is 0 Å². The standard InChI is InChI=1S/C23H27F3N2O8/c1-3-35-10-17(31)28(11-23(24,25)26)15-8-14(22(33)27-4-5-29)18-13-6-12(9-30)7-16(34-2)20(13)36-21(18)19(15)32/h6-9,15,18-19,21,29,32H,3-5,10-11H2,1-2H3,(H,27,33)/t15-,18+,19+,21+/m1/s1. The Labute approximate surface area is 204 Å². The van der Waals surface area contributed by atoms with E-state index in [0.29, 0.717) is 16.7 Å². The number of nitrogens with one attached hydrogen (secondary N) is 1. The van der Waals surface area contributed by atoms with E-state index in [1.807, 2.05) is 0 Å². The van der Waals surface area contributed by atoms with Crippen LogP contribution >= 0.6 is 0 Å². The second kappa shape index (κ2) is 11.3. The molecule has 0 unspecified atom stereocenters. The summed E-state index contributed by atoms with van der Waals surface area (Å²) in [7, 11) is 1.32. The normalized spacial score (nSPS) is 22.6. The molecular formula is C23H27F3N2O8. The lowest BCUT2D eigenvalue weighted by Crippen LogP contribution is -2.58. The number of carbonyl (C=O) groups excluding carboxylic acids is 3. The summed E-state index contributed by atoms with van der Waals surface area (Å²) in [5.41, 5.74) is 0.406. The Morgan fingerprint density at radius 2 is 2.03 bits per heavy atom. The van der Waals surface area contributed by atoms with Gasteiger partial charge in [-0.25, -0.2) is 0 Å². The van der Waals surface area contributed by atoms with Crippen LogP contribution in [0.5, 0.6) is 11.5 Å². The molecule has 4 atom stereocenters. The van der Waals surface area contributed by atoms with Gasteiger partial charge < -0.3 is 34.6 Å². The van der Waals surface area contributed by atoms with Gasteiger partial charge in [0.15, 0.2) is 11.5 Å². The zero-order valence-electron chi connectivity index (χ0n) is 19.6. The first-order chi connectivity index (χ1) is 17.1. The molecule has 2 amide bonds. The summed E-state index contributed by atoms with van der Waals surface area (Å²) >= 11 is 0. The van der Waals surface area contributed by atoms with Crippen molar-refractivity contribution in [2.45, 2.75) is 37.3 Å². The molecule has 198 valence electrons. The fraction of sp³-hybridized carbons (Fsp3) is 0.522. The Balaban J connectivity index is 2.13. The molecule has 0 radical (unpaired) electrons. The Hall–Kier alpha value is -3.16. The van der Waals surface area contributed by atoms with Gasteiger partial charge in [0, 0.05) is 29.9 Å². The van der Waals surface area contributed by atoms with Crippen molar-refractivity contribution in [2.75, 3.05) is 40.0 Å². The third-order valence-corrected chi connectivity index (χ3v) is 5.87. The van der Waals surface area contributed by atoms with Gasteiger partial charge >= 0.3 is 6.18 Å². The van der Waals surface area contributed by atoms with Gasteiger partial charge in [-0.3, -0.25) is 14.4 Å². The van der Waals surface area contributed by atoms with Crippen LogP contribution in [0.2, 0.25) is 0 Å². The molecule has 0 saturated carbocycles. The lowest BCUT2D eigenvalue weighted by molar-refractivity contribution is -0.172. The van der Waals surface area contributed by atoms with Crippen LogP contribution in [0, 0.1) is 0 Å². The number of nitrogens with zero attached hydrogens (tertiary/aromatic N) is 1. The van der Waals surface area contributed by atoms with Crippen molar-refractivity contribution in [3.8, 4) is 11.5 Å². The molecule has 3 N–H and O–H groups in total. The van der Waals surface area contributed by atoms with E-state index in [4.69, 9.17) is 19.3 Å². The number of halogens is 3. The van der Waals surface area contributed by atoms with Gasteiger partial charge in [-0.15, -0.1) is 0 Å². The van der Waals surface area contributed by atoms with E-state index < -0.39 is 61.9 Å². The summed E-state index contributed by atoms with van der Waals surface area (Å²) in [4.78, 5) is 37.6. The number of methoxy groups -OCH3 is 1. The van der Waals surface area contributed by atoms with Crippen LogP contribution in [-0.4, -0.2) is 97.7 Å². The van der Waals surface area contributed by atoms with Crippen LogP contribution in [0.3, 0.4) is 0 Å². The SMILES string of the molecule is CCOCC(=O)N(CC(F)(F)F)[C@@H]1C=C(C(=O)NCCO)[C@@H]2c3cc(C=O)cc(OC)c3O[C@@H]2[C@H]1O. The van der Waals surface area contributed by atoms with E-state index in [-0.39, 0.29) is 35.8 Å². The average molecular weight is 516 g/mol. The van der Waals surface area contributed by atoms with Gasteiger partial charge in [-0.1, -0.05) is 0 Å². The summed E-state index contributed by atoms with van der Waals surface area (Å²) < 4.78 is 56.5. The zero-order chi connectivity index (χ0) is 26.6. The minimum atomic E-state index is -4.81. The third kappa shape index (κ3) is 5.63. The van der Waals surface area contributed by atoms with E-state index in [1.165, 1.54) is 19.2 Å². The molecule has 1 aliphatic heterocycles. The highest BCUT2D eigenvalue weighted by atomic mass is 19.4. The number of aliphatic hydroxyl groups excluding tert-OH is 2. The Morgan fingerprint density at radius 1 is 1.31 bits per heavy atom. The summed E-state index contributed by atoms with van der Waals surface area (Å²) in [6.07, 6.45) is -6.14. The number of carbonyl (C=O) groups is 3. The van der Waals surface area contributed by atoms with Crippen molar-refractivity contribution in [3.63, 3.8) is 0 Å². The van der Waals surface area contributed by atoms with Crippen molar-refractivity contribution in [1.82, 2.24) is 10.2 Å². The van der Waals surface area contributed by atoms with Crippen LogP contribution < -0.4 is 14.8 Å². The van der Waals surface area contributed by atoms with Gasteiger partial charge in [0.1, 0.15) is 31.6 Å². The maximum absolute atomic E-state index is 13.4. The van der Waals surface area contributed by atoms with Crippen molar-refractivity contribution in [1.29, 1.82) is 0 Å². The van der Waals surface area contributed by atoms with Crippen LogP contribution in [0.4, 0.5) is 13.2 Å². The summed E-state index contributed by atoms with van der Waals surface area (Å²) in [5.74, 6) is -2.54. The second-order valence-electron chi connectivity index (χ2n) is 8.18. The van der Waals surface area contributed by atoms with Gasteiger partial charge in [0.05, 0.1) is 25.7 Å². The number of fused-ring (bicyclic) bond motifs is 3. The number of hydrogen-bond donors (Lipinski definition) is 3. The van der Waals surface area contributed by atoms with Crippen molar-refractivity contribution in [3.05, 3.63) is 34.9 Å². The molecule has 3 rings (SSSR count). The molecule has 0 bridgehead atoms. The van der Waals surface area contributed by atoms with Gasteiger partial charge in [0.25, 0.3) is 0 Å². The highest BCUT2D eigenvalue weighted by Gasteiger charge is 2.52. The quantitative estimate of drug-likeness (QED) is 0.384. The molecule has 1 heterocycles. The Morgan fingerprint density at radius 3 is 2.61 bits per heavy atom. The molecule has 2 aliphatic rings. The first kappa shape index (κ1) is 27.4. The lowest BCUT2D eigenvalue weighted by Gasteiger charge is -2.40. The van der Waals surface area contributed by atoms with Crippen LogP contribution in [0.15, 0.2) is 23.8 Å². The maximum atomic E-state index is 13.4. The molecule has 0 aromatic heterocycles. The molecule has 13 heteroatoms. The number of amides is 2. The molecule has 0 spiro atoms. The largest absolute Gasteiger partial charge is 0.493 e. The van der Waals surface area contributed by atoms with E-state index in [9.17, 15) is 32.7 Å². The number of benzene rings is 1. The molecule has 0 fully saturated rings. The molecule has 1 aromatic rings. The van der Waals surface area contributed by atoms with Crippen LogP contribution in [0.25, 0.3) is 0 Å². The molecule has 1 aromatic carbocycles. The van der Waals surface area contributed by atoms with E-state index >= 15 is 0 Å². The van der Waals surface area contributed by atoms with Gasteiger partial charge in [0.2, 0.25) is 11.8 Å². The summed E-state index contributed by atoms with van der Waals surface area (Å²) in [5, 5.41) is 22.7. The van der Waals surface area contributed by atoms with E-state index in [0.717, 1.165) is 6.08 Å². The fourth-order valence-corrected chi connectivity index (χ4v) is 4.38. The third-order valence-electron chi connectivity index (χ3n) is 5.87. The number of aldehydes is 1. The van der Waals surface area contributed by atoms with Crippen LogP contribution in [-0.2, 0) is 14.3 Å². The highest BCUT2D eigenvalue weighted by Crippen LogP contribution is 2.51. The van der Waals surface area contributed by atoms with Gasteiger partial charge in [-0.2, -0.15) is 13.2 Å². The van der Waals surface area contributed by atoms with E-state index in [2.05, 4.69) is 5.32 Å². The van der Waals surface area contributed by atoms with Crippen molar-refractivity contribution < 1.29 is 52.0 Å². The fourth-order valence-electron chi connectivity index (χ4n) is 4.38. The second-order valence-corrected chi connectivity index (χ2v) is 8.18. The van der Waals surface area contributed by atoms with Gasteiger partial charge in [-0.05, 0) is 25.1 Å². The average Bonchev–Trinajstić information content (AvgIpc) is 3.23. The predicted octanol–water partition coefficient (Wildman–Crippen LogP) is 0.558. The first-order valence-electron chi connectivity index (χ1n) is 11.1. The van der Waals surface area contributed by atoms with Crippen LogP contribution in [0.1, 0.15) is 28.8 Å². The predicted molar refractivity (Wildman–Crippen MR) is 118 cm³/mol. The smallest absolute Gasteiger partial charge is 0.406 e. The summed E-state index contributed by atoms with van der Waals surface area (Å²) in [6.45, 7) is -1.28. The van der Waals surface area contributed by atoms with E-state index in [1.54, 1.807) is 6.92 Å². The highest BCUT2D eigenvalue weighted by molar-refractivity contribution is 5.96. The lowest BCUT2D eigenvalue weighted by atomic mass is 9.77. The molecule has 1 aliphatic carbocycles. The molecule has 10 nitrogen and oxygen atoms in total. The molecule has 36 heavy (non-hydrogen) atoms. The number of alkyl halides is 3. The first-order valence-corrected chi connectivity index (χ1v) is 11.1. The Bertz CT molecular complexity index is 1030.